The number of nitrogens with one attached hydrogen (secondary N) is 1. The molecule has 0 saturated heterocycles. The van der Waals surface area contributed by atoms with Crippen LogP contribution in [0.3, 0.4) is 0 Å². The average Bonchev–Trinajstić information content (AvgIpc) is 2.43. The van der Waals surface area contributed by atoms with Gasteiger partial charge < -0.3 is 5.73 Å². The van der Waals surface area contributed by atoms with E-state index in [0.29, 0.717) is 4.99 Å². The molecule has 0 spiro atoms. The minimum absolute atomic E-state index is 0.205. The van der Waals surface area contributed by atoms with Crippen molar-refractivity contribution in [2.24, 2.45) is 5.73 Å². The molecular weight excluding hydrogens is 286 g/mol. The van der Waals surface area contributed by atoms with Gasteiger partial charge in [0.05, 0.1) is 17.8 Å². The zero-order valence-corrected chi connectivity index (χ0v) is 12.6. The van der Waals surface area contributed by atoms with E-state index in [0.717, 1.165) is 22.5 Å². The molecule has 2 rings (SSSR count). The maximum Gasteiger partial charge on any atom is 0.249 e. The summed E-state index contributed by atoms with van der Waals surface area (Å²) in [6, 6.07) is 7.21. The number of nitrogens with two attached hydrogens (primary N) is 1. The van der Waals surface area contributed by atoms with Crippen molar-refractivity contribution >= 4 is 29.1 Å². The zero-order chi connectivity index (χ0) is 15.4. The van der Waals surface area contributed by atoms with Gasteiger partial charge in [0.1, 0.15) is 4.99 Å². The number of thiocarbonyl (C=S) groups is 1. The minimum Gasteiger partial charge on any atom is -0.389 e. The fourth-order valence-electron chi connectivity index (χ4n) is 1.65. The van der Waals surface area contributed by atoms with Crippen molar-refractivity contribution in [3.8, 4) is 0 Å². The van der Waals surface area contributed by atoms with Crippen LogP contribution in [0, 0.1) is 13.8 Å². The van der Waals surface area contributed by atoms with Crippen LogP contribution < -0.4 is 11.1 Å². The Bertz CT molecular complexity index is 684. The lowest BCUT2D eigenvalue weighted by Crippen LogP contribution is -2.17. The molecule has 21 heavy (non-hydrogen) atoms. The average molecular weight is 301 g/mol. The lowest BCUT2D eigenvalue weighted by molar-refractivity contribution is -0.115. The molecular formula is C14H15N5OS. The Morgan fingerprint density at radius 2 is 1.86 bits per heavy atom. The number of amides is 1. The van der Waals surface area contributed by atoms with Crippen LogP contribution in [0.5, 0.6) is 0 Å². The molecule has 0 aliphatic rings. The SMILES string of the molecule is Cc1nnc(NC(=O)Cc2ccc(C(N)=S)cc2)nc1C. The van der Waals surface area contributed by atoms with Crippen LogP contribution in [0.25, 0.3) is 0 Å². The number of hydrogen-bond acceptors (Lipinski definition) is 5. The quantitative estimate of drug-likeness (QED) is 0.827. The van der Waals surface area contributed by atoms with Crippen LogP contribution in [-0.2, 0) is 11.2 Å². The number of aromatic nitrogens is 3. The second-order valence-corrected chi connectivity index (χ2v) is 5.03. The van der Waals surface area contributed by atoms with Crippen LogP contribution in [0.2, 0.25) is 0 Å². The van der Waals surface area contributed by atoms with Gasteiger partial charge >= 0.3 is 0 Å². The largest absolute Gasteiger partial charge is 0.389 e. The Labute approximate surface area is 127 Å². The van der Waals surface area contributed by atoms with Crippen LogP contribution in [-0.4, -0.2) is 26.1 Å². The molecule has 0 saturated carbocycles. The number of rotatable bonds is 4. The Morgan fingerprint density at radius 3 is 2.43 bits per heavy atom. The van der Waals surface area contributed by atoms with Gasteiger partial charge in [-0.25, -0.2) is 4.98 Å². The Hall–Kier alpha value is -2.41. The third-order valence-corrected chi connectivity index (χ3v) is 3.18. The maximum atomic E-state index is 11.9. The fourth-order valence-corrected chi connectivity index (χ4v) is 1.79. The van der Waals surface area contributed by atoms with Gasteiger partial charge in [0.2, 0.25) is 11.9 Å². The molecule has 0 unspecified atom stereocenters. The van der Waals surface area contributed by atoms with Crippen molar-refractivity contribution in [1.82, 2.24) is 15.2 Å². The Kier molecular flexibility index (Phi) is 4.54. The molecule has 108 valence electrons. The Balaban J connectivity index is 2.01. The van der Waals surface area contributed by atoms with E-state index >= 15 is 0 Å². The monoisotopic (exact) mass is 301 g/mol. The summed E-state index contributed by atoms with van der Waals surface area (Å²) < 4.78 is 0. The number of hydrogen-bond donors (Lipinski definition) is 2. The number of nitrogens with zero attached hydrogens (tertiary/aromatic N) is 3. The summed E-state index contributed by atoms with van der Waals surface area (Å²) in [6.07, 6.45) is 0.216. The second kappa shape index (κ2) is 6.36. The van der Waals surface area contributed by atoms with Crippen molar-refractivity contribution in [3.05, 3.63) is 46.8 Å². The normalized spacial score (nSPS) is 10.2. The summed E-state index contributed by atoms with van der Waals surface area (Å²) in [5.74, 6) is 0.00554. The summed E-state index contributed by atoms with van der Waals surface area (Å²) in [7, 11) is 0. The standard InChI is InChI=1S/C14H15N5OS/c1-8-9(2)18-19-14(16-8)17-12(20)7-10-3-5-11(6-4-10)13(15)21/h3-6H,7H2,1-2H3,(H2,15,21)(H,16,17,19,20). The molecule has 0 aliphatic heterocycles. The summed E-state index contributed by atoms with van der Waals surface area (Å²) in [4.78, 5) is 16.4. The molecule has 2 aromatic rings. The first-order valence-electron chi connectivity index (χ1n) is 6.32. The summed E-state index contributed by atoms with van der Waals surface area (Å²) in [6.45, 7) is 3.62. The summed E-state index contributed by atoms with van der Waals surface area (Å²) >= 11 is 4.88. The first-order chi connectivity index (χ1) is 9.95. The molecule has 0 radical (unpaired) electrons. The highest BCUT2D eigenvalue weighted by Crippen LogP contribution is 2.07. The highest BCUT2D eigenvalue weighted by Gasteiger charge is 2.08. The van der Waals surface area contributed by atoms with Gasteiger partial charge in [-0.15, -0.1) is 5.10 Å². The predicted octanol–water partition coefficient (Wildman–Crippen LogP) is 1.30. The van der Waals surface area contributed by atoms with E-state index in [1.165, 1.54) is 0 Å². The van der Waals surface area contributed by atoms with Crippen molar-refractivity contribution in [2.45, 2.75) is 20.3 Å². The molecule has 1 amide bonds. The first-order valence-corrected chi connectivity index (χ1v) is 6.73. The molecule has 3 N–H and O–H groups in total. The molecule has 0 atom stereocenters. The number of aryl methyl sites for hydroxylation is 2. The van der Waals surface area contributed by atoms with Crippen molar-refractivity contribution in [3.63, 3.8) is 0 Å². The van der Waals surface area contributed by atoms with E-state index in [9.17, 15) is 4.79 Å². The topological polar surface area (TPSA) is 93.8 Å². The number of carbonyl (C=O) groups excluding carboxylic acids is 1. The summed E-state index contributed by atoms with van der Waals surface area (Å²) in [5, 5.41) is 10.4. The smallest absolute Gasteiger partial charge is 0.249 e. The van der Waals surface area contributed by atoms with E-state index in [1.54, 1.807) is 12.1 Å². The van der Waals surface area contributed by atoms with E-state index in [-0.39, 0.29) is 18.3 Å². The minimum atomic E-state index is -0.205. The lowest BCUT2D eigenvalue weighted by Gasteiger charge is -2.05. The zero-order valence-electron chi connectivity index (χ0n) is 11.8. The van der Waals surface area contributed by atoms with Gasteiger partial charge in [-0.05, 0) is 19.4 Å². The Morgan fingerprint density at radius 1 is 1.19 bits per heavy atom. The van der Waals surface area contributed by atoms with Crippen molar-refractivity contribution in [1.29, 1.82) is 0 Å². The molecule has 0 fully saturated rings. The molecule has 6 nitrogen and oxygen atoms in total. The van der Waals surface area contributed by atoms with E-state index < -0.39 is 0 Å². The molecule has 1 aromatic carbocycles. The van der Waals surface area contributed by atoms with Gasteiger partial charge in [0, 0.05) is 5.56 Å². The maximum absolute atomic E-state index is 11.9. The van der Waals surface area contributed by atoms with Crippen molar-refractivity contribution < 1.29 is 4.79 Å². The summed E-state index contributed by atoms with van der Waals surface area (Å²) in [5.41, 5.74) is 8.62. The second-order valence-electron chi connectivity index (χ2n) is 4.59. The number of carbonyl (C=O) groups is 1. The predicted molar refractivity (Wildman–Crippen MR) is 84.0 cm³/mol. The molecule has 0 bridgehead atoms. The molecule has 7 heteroatoms. The lowest BCUT2D eigenvalue weighted by atomic mass is 10.1. The van der Waals surface area contributed by atoms with Gasteiger partial charge in [0.25, 0.3) is 0 Å². The highest BCUT2D eigenvalue weighted by atomic mass is 32.1. The highest BCUT2D eigenvalue weighted by molar-refractivity contribution is 7.80. The third-order valence-electron chi connectivity index (χ3n) is 2.95. The van der Waals surface area contributed by atoms with Gasteiger partial charge in [0.15, 0.2) is 0 Å². The van der Waals surface area contributed by atoms with E-state index in [2.05, 4.69) is 20.5 Å². The van der Waals surface area contributed by atoms with E-state index in [4.69, 9.17) is 18.0 Å². The molecule has 1 aromatic heterocycles. The first kappa shape index (κ1) is 15.0. The number of benzene rings is 1. The van der Waals surface area contributed by atoms with Crippen LogP contribution in [0.15, 0.2) is 24.3 Å². The molecule has 0 aliphatic carbocycles. The van der Waals surface area contributed by atoms with Crippen LogP contribution in [0.4, 0.5) is 5.95 Å². The van der Waals surface area contributed by atoms with Gasteiger partial charge in [-0.2, -0.15) is 5.10 Å². The van der Waals surface area contributed by atoms with Crippen LogP contribution in [0.1, 0.15) is 22.5 Å². The fraction of sp³-hybridized carbons (Fsp3) is 0.214. The van der Waals surface area contributed by atoms with Crippen molar-refractivity contribution in [2.75, 3.05) is 5.32 Å². The third kappa shape index (κ3) is 4.03. The van der Waals surface area contributed by atoms with Gasteiger partial charge in [-0.1, -0.05) is 36.5 Å². The van der Waals surface area contributed by atoms with Crippen LogP contribution >= 0.6 is 12.2 Å². The number of anilines is 1. The molecule has 1 heterocycles. The van der Waals surface area contributed by atoms with Gasteiger partial charge in [-0.3, -0.25) is 10.1 Å². The van der Waals surface area contributed by atoms with E-state index in [1.807, 2.05) is 26.0 Å².